The monoisotopic (exact) mass is 322 g/mol. The second-order valence-corrected chi connectivity index (χ2v) is 5.69. The molecule has 0 radical (unpaired) electrons. The van der Waals surface area contributed by atoms with Crippen LogP contribution in [0.4, 0.5) is 30.6 Å². The summed E-state index contributed by atoms with van der Waals surface area (Å²) in [6.45, 7) is 1.79. The van der Waals surface area contributed by atoms with E-state index in [0.717, 1.165) is 25.0 Å². The van der Waals surface area contributed by atoms with Crippen LogP contribution in [0.3, 0.4) is 0 Å². The Hall–Kier alpha value is -2.31. The van der Waals surface area contributed by atoms with E-state index >= 15 is 0 Å². The van der Waals surface area contributed by atoms with Gasteiger partial charge in [-0.1, -0.05) is 12.8 Å². The number of aryl methyl sites for hydroxylation is 1. The summed E-state index contributed by atoms with van der Waals surface area (Å²) in [5, 5.41) is 5.93. The summed E-state index contributed by atoms with van der Waals surface area (Å²) in [6.07, 6.45) is 4.55. The van der Waals surface area contributed by atoms with E-state index < -0.39 is 17.5 Å². The zero-order chi connectivity index (χ0) is 16.4. The number of nitrogens with one attached hydrogen (secondary N) is 2. The normalized spacial score (nSPS) is 15.0. The summed E-state index contributed by atoms with van der Waals surface area (Å²) in [5.41, 5.74) is 0.479. The molecule has 0 atom stereocenters. The molecule has 23 heavy (non-hydrogen) atoms. The Balaban J connectivity index is 1.82. The Kier molecular flexibility index (Phi) is 4.36. The fraction of sp³-hybridized carbons (Fsp3) is 0.375. The van der Waals surface area contributed by atoms with Crippen LogP contribution in [0.15, 0.2) is 18.2 Å². The van der Waals surface area contributed by atoms with Gasteiger partial charge in [-0.25, -0.2) is 18.2 Å². The van der Waals surface area contributed by atoms with Gasteiger partial charge in [0.2, 0.25) is 5.95 Å². The van der Waals surface area contributed by atoms with Gasteiger partial charge in [-0.15, -0.1) is 0 Å². The maximum atomic E-state index is 13.7. The van der Waals surface area contributed by atoms with Crippen molar-refractivity contribution in [3.63, 3.8) is 0 Å². The molecule has 0 unspecified atom stereocenters. The van der Waals surface area contributed by atoms with Crippen LogP contribution in [0.2, 0.25) is 0 Å². The van der Waals surface area contributed by atoms with Gasteiger partial charge < -0.3 is 10.6 Å². The number of hydrogen-bond donors (Lipinski definition) is 2. The van der Waals surface area contributed by atoms with Gasteiger partial charge in [-0.2, -0.15) is 4.98 Å². The number of rotatable bonds is 4. The first kappa shape index (κ1) is 15.6. The summed E-state index contributed by atoms with van der Waals surface area (Å²) in [4.78, 5) is 8.42. The molecule has 0 amide bonds. The van der Waals surface area contributed by atoms with Crippen LogP contribution in [0, 0.1) is 24.4 Å². The molecule has 2 N–H and O–H groups in total. The highest BCUT2D eigenvalue weighted by molar-refractivity contribution is 5.56. The van der Waals surface area contributed by atoms with Gasteiger partial charge in [0.1, 0.15) is 5.82 Å². The molecule has 1 aromatic heterocycles. The number of benzene rings is 1. The molecule has 1 aliphatic rings. The summed E-state index contributed by atoms with van der Waals surface area (Å²) in [7, 11) is 0. The lowest BCUT2D eigenvalue weighted by Crippen LogP contribution is -2.16. The van der Waals surface area contributed by atoms with Crippen LogP contribution in [-0.2, 0) is 0 Å². The van der Waals surface area contributed by atoms with Gasteiger partial charge >= 0.3 is 0 Å². The zero-order valence-corrected chi connectivity index (χ0v) is 12.7. The summed E-state index contributed by atoms with van der Waals surface area (Å²) in [5.74, 6) is -3.28. The van der Waals surface area contributed by atoms with E-state index in [-0.39, 0.29) is 11.6 Å². The van der Waals surface area contributed by atoms with E-state index in [9.17, 15) is 13.2 Å². The summed E-state index contributed by atoms with van der Waals surface area (Å²) in [6, 6.07) is 4.14. The van der Waals surface area contributed by atoms with E-state index in [0.29, 0.717) is 17.6 Å². The molecule has 1 heterocycles. The van der Waals surface area contributed by atoms with Crippen molar-refractivity contribution in [2.45, 2.75) is 38.6 Å². The topological polar surface area (TPSA) is 49.8 Å². The Labute approximate surface area is 132 Å². The van der Waals surface area contributed by atoms with Crippen molar-refractivity contribution in [1.29, 1.82) is 0 Å². The molecule has 7 heteroatoms. The Morgan fingerprint density at radius 2 is 1.78 bits per heavy atom. The van der Waals surface area contributed by atoms with Gasteiger partial charge in [0, 0.05) is 17.8 Å². The van der Waals surface area contributed by atoms with E-state index in [1.54, 1.807) is 13.0 Å². The fourth-order valence-corrected chi connectivity index (χ4v) is 2.72. The van der Waals surface area contributed by atoms with Crippen molar-refractivity contribution in [2.24, 2.45) is 0 Å². The lowest BCUT2D eigenvalue weighted by molar-refractivity contribution is 0.449. The average molecular weight is 322 g/mol. The molecule has 2 aromatic rings. The first-order chi connectivity index (χ1) is 11.0. The predicted molar refractivity (Wildman–Crippen MR) is 82.2 cm³/mol. The zero-order valence-electron chi connectivity index (χ0n) is 12.7. The van der Waals surface area contributed by atoms with Crippen molar-refractivity contribution in [2.75, 3.05) is 10.6 Å². The van der Waals surface area contributed by atoms with Crippen molar-refractivity contribution in [3.05, 3.63) is 41.3 Å². The maximum Gasteiger partial charge on any atom is 0.229 e. The van der Waals surface area contributed by atoms with Crippen molar-refractivity contribution < 1.29 is 13.2 Å². The molecule has 0 aliphatic heterocycles. The van der Waals surface area contributed by atoms with E-state index in [1.807, 2.05) is 0 Å². The molecule has 3 rings (SSSR count). The third-order valence-electron chi connectivity index (χ3n) is 3.84. The van der Waals surface area contributed by atoms with Crippen molar-refractivity contribution >= 4 is 17.5 Å². The number of halogens is 3. The third-order valence-corrected chi connectivity index (χ3v) is 3.84. The number of anilines is 3. The largest absolute Gasteiger partial charge is 0.367 e. The molecule has 1 saturated carbocycles. The fourth-order valence-electron chi connectivity index (χ4n) is 2.72. The second kappa shape index (κ2) is 6.44. The highest BCUT2D eigenvalue weighted by Crippen LogP contribution is 2.25. The molecule has 4 nitrogen and oxygen atoms in total. The Morgan fingerprint density at radius 3 is 2.52 bits per heavy atom. The molecular weight excluding hydrogens is 305 g/mol. The predicted octanol–water partition coefficient (Wildman–Crippen LogP) is 4.30. The molecule has 0 spiro atoms. The standard InChI is InChI=1S/C16H17F3N4/c1-9-8-13(21-10-4-2-3-5-10)23-16(20-9)22-12-7-6-11(17)14(18)15(12)19/h6-8,10H,2-5H2,1H3,(H2,20,21,22,23). The van der Waals surface area contributed by atoms with Gasteiger partial charge in [-0.3, -0.25) is 0 Å². The molecule has 1 fully saturated rings. The minimum Gasteiger partial charge on any atom is -0.367 e. The van der Waals surface area contributed by atoms with Crippen molar-refractivity contribution in [1.82, 2.24) is 9.97 Å². The lowest BCUT2D eigenvalue weighted by Gasteiger charge is -2.14. The molecule has 122 valence electrons. The SMILES string of the molecule is Cc1cc(NC2CCCC2)nc(Nc2ccc(F)c(F)c2F)n1. The van der Waals surface area contributed by atoms with Gasteiger partial charge in [0.25, 0.3) is 0 Å². The van der Waals surface area contributed by atoms with E-state index in [4.69, 9.17) is 0 Å². The molecular formula is C16H17F3N4. The smallest absolute Gasteiger partial charge is 0.229 e. The third kappa shape index (κ3) is 3.55. The van der Waals surface area contributed by atoms with Crippen LogP contribution >= 0.6 is 0 Å². The highest BCUT2D eigenvalue weighted by Gasteiger charge is 2.17. The second-order valence-electron chi connectivity index (χ2n) is 5.69. The van der Waals surface area contributed by atoms with Crippen LogP contribution in [0.1, 0.15) is 31.4 Å². The summed E-state index contributed by atoms with van der Waals surface area (Å²) < 4.78 is 40.0. The van der Waals surface area contributed by atoms with Crippen LogP contribution < -0.4 is 10.6 Å². The molecule has 1 aliphatic carbocycles. The minimum atomic E-state index is -1.52. The minimum absolute atomic E-state index is 0.135. The number of hydrogen-bond acceptors (Lipinski definition) is 4. The van der Waals surface area contributed by atoms with Gasteiger partial charge in [0.15, 0.2) is 17.5 Å². The van der Waals surface area contributed by atoms with Crippen molar-refractivity contribution in [3.8, 4) is 0 Å². The van der Waals surface area contributed by atoms with Crippen LogP contribution in [0.25, 0.3) is 0 Å². The first-order valence-electron chi connectivity index (χ1n) is 7.55. The van der Waals surface area contributed by atoms with Gasteiger partial charge in [0.05, 0.1) is 5.69 Å². The quantitative estimate of drug-likeness (QED) is 0.824. The Bertz CT molecular complexity index is 715. The van der Waals surface area contributed by atoms with Gasteiger partial charge in [-0.05, 0) is 31.9 Å². The average Bonchev–Trinajstić information content (AvgIpc) is 3.00. The number of aromatic nitrogens is 2. The van der Waals surface area contributed by atoms with E-state index in [2.05, 4.69) is 20.6 Å². The Morgan fingerprint density at radius 1 is 1.04 bits per heavy atom. The van der Waals surface area contributed by atoms with E-state index in [1.165, 1.54) is 12.8 Å². The number of nitrogens with zero attached hydrogens (tertiary/aromatic N) is 2. The maximum absolute atomic E-state index is 13.7. The first-order valence-corrected chi connectivity index (χ1v) is 7.55. The highest BCUT2D eigenvalue weighted by atomic mass is 19.2. The molecule has 0 bridgehead atoms. The molecule has 0 saturated heterocycles. The summed E-state index contributed by atoms with van der Waals surface area (Å²) >= 11 is 0. The lowest BCUT2D eigenvalue weighted by atomic mass is 10.2. The molecule has 1 aromatic carbocycles. The van der Waals surface area contributed by atoms with Crippen LogP contribution in [-0.4, -0.2) is 16.0 Å². The van der Waals surface area contributed by atoms with Crippen LogP contribution in [0.5, 0.6) is 0 Å².